The van der Waals surface area contributed by atoms with Crippen LogP contribution in [0.5, 0.6) is 5.75 Å². The predicted octanol–water partition coefficient (Wildman–Crippen LogP) is 2.84. The number of nitrogens with one attached hydrogen (secondary N) is 2. The molecule has 0 saturated heterocycles. The van der Waals surface area contributed by atoms with Gasteiger partial charge in [-0.2, -0.15) is 5.10 Å². The van der Waals surface area contributed by atoms with Crippen LogP contribution in [0.25, 0.3) is 5.82 Å². The Balaban J connectivity index is 1.69. The minimum Gasteiger partial charge on any atom is -0.496 e. The molecule has 0 aliphatic rings. The van der Waals surface area contributed by atoms with E-state index in [4.69, 9.17) is 9.73 Å². The maximum atomic E-state index is 5.48. The number of ether oxygens (including phenoxy) is 1. The summed E-state index contributed by atoms with van der Waals surface area (Å²) in [6, 6.07) is 12.0. The van der Waals surface area contributed by atoms with E-state index < -0.39 is 0 Å². The van der Waals surface area contributed by atoms with Crippen molar-refractivity contribution in [1.82, 2.24) is 25.4 Å². The summed E-state index contributed by atoms with van der Waals surface area (Å²) in [6.07, 6.45) is 5.38. The van der Waals surface area contributed by atoms with E-state index in [9.17, 15) is 0 Å². The Morgan fingerprint density at radius 3 is 2.82 bits per heavy atom. The zero-order chi connectivity index (χ0) is 19.8. The third-order valence-electron chi connectivity index (χ3n) is 4.20. The zero-order valence-electron chi connectivity index (χ0n) is 16.5. The van der Waals surface area contributed by atoms with Gasteiger partial charge in [0.1, 0.15) is 5.75 Å². The van der Waals surface area contributed by atoms with Gasteiger partial charge in [0.15, 0.2) is 11.8 Å². The highest BCUT2D eigenvalue weighted by Crippen LogP contribution is 2.19. The molecule has 0 amide bonds. The highest BCUT2D eigenvalue weighted by atomic mass is 16.5. The summed E-state index contributed by atoms with van der Waals surface area (Å²) in [7, 11) is 1.69. The first-order valence-electron chi connectivity index (χ1n) is 9.30. The molecule has 0 radical (unpaired) electrons. The molecule has 0 aliphatic heterocycles. The first-order valence-corrected chi connectivity index (χ1v) is 9.30. The molecule has 2 N–H and O–H groups in total. The smallest absolute Gasteiger partial charge is 0.191 e. The van der Waals surface area contributed by atoms with Crippen molar-refractivity contribution in [1.29, 1.82) is 0 Å². The molecule has 0 saturated carbocycles. The Kier molecular flexibility index (Phi) is 6.62. The van der Waals surface area contributed by atoms with Gasteiger partial charge in [0.05, 0.1) is 13.7 Å². The number of rotatable bonds is 7. The summed E-state index contributed by atoms with van der Waals surface area (Å²) in [4.78, 5) is 9.04. The lowest BCUT2D eigenvalue weighted by Gasteiger charge is -2.14. The molecule has 2 aromatic heterocycles. The number of nitrogens with zero attached hydrogens (tertiary/aromatic N) is 4. The third-order valence-corrected chi connectivity index (χ3v) is 4.20. The SMILES string of the molecule is CCNC(=NCc1ccnc(-n2cccn2)c1)NCc1ccc(C)cc1OC. The van der Waals surface area contributed by atoms with Crippen molar-refractivity contribution in [2.24, 2.45) is 4.99 Å². The van der Waals surface area contributed by atoms with E-state index in [1.54, 1.807) is 24.2 Å². The lowest BCUT2D eigenvalue weighted by molar-refractivity contribution is 0.408. The molecular weight excluding hydrogens is 352 g/mol. The summed E-state index contributed by atoms with van der Waals surface area (Å²) in [5.74, 6) is 2.41. The Morgan fingerprint density at radius 2 is 2.07 bits per heavy atom. The molecule has 0 atom stereocenters. The first-order chi connectivity index (χ1) is 13.7. The molecule has 0 unspecified atom stereocenters. The maximum absolute atomic E-state index is 5.48. The van der Waals surface area contributed by atoms with Crippen LogP contribution in [0.4, 0.5) is 0 Å². The van der Waals surface area contributed by atoms with Crippen LogP contribution in [0.3, 0.4) is 0 Å². The summed E-state index contributed by atoms with van der Waals surface area (Å²) in [5.41, 5.74) is 3.32. The predicted molar refractivity (Wildman–Crippen MR) is 111 cm³/mol. The van der Waals surface area contributed by atoms with Crippen LogP contribution in [0.1, 0.15) is 23.6 Å². The Labute approximate surface area is 165 Å². The zero-order valence-corrected chi connectivity index (χ0v) is 16.5. The molecule has 0 fully saturated rings. The molecule has 3 rings (SSSR count). The average molecular weight is 378 g/mol. The van der Waals surface area contributed by atoms with Gasteiger partial charge in [0.25, 0.3) is 0 Å². The van der Waals surface area contributed by atoms with Gasteiger partial charge >= 0.3 is 0 Å². The number of aliphatic imine (C=N–C) groups is 1. The molecule has 0 aliphatic carbocycles. The van der Waals surface area contributed by atoms with Crippen molar-refractivity contribution < 1.29 is 4.74 Å². The second-order valence-corrected chi connectivity index (χ2v) is 6.34. The van der Waals surface area contributed by atoms with Crippen molar-refractivity contribution in [2.75, 3.05) is 13.7 Å². The highest BCUT2D eigenvalue weighted by molar-refractivity contribution is 5.79. The van der Waals surface area contributed by atoms with Gasteiger partial charge in [0, 0.05) is 37.2 Å². The van der Waals surface area contributed by atoms with Crippen LogP contribution in [-0.2, 0) is 13.1 Å². The normalized spacial score (nSPS) is 11.3. The molecular formula is C21H26N6O. The Morgan fingerprint density at radius 1 is 1.18 bits per heavy atom. The van der Waals surface area contributed by atoms with Crippen LogP contribution >= 0.6 is 0 Å². The molecule has 0 bridgehead atoms. The number of guanidine groups is 1. The van der Waals surface area contributed by atoms with Gasteiger partial charge in [-0.25, -0.2) is 14.7 Å². The van der Waals surface area contributed by atoms with E-state index in [1.807, 2.05) is 37.4 Å². The van der Waals surface area contributed by atoms with Crippen LogP contribution in [0.15, 0.2) is 60.0 Å². The van der Waals surface area contributed by atoms with Gasteiger partial charge in [-0.05, 0) is 49.2 Å². The minimum atomic E-state index is 0.539. The van der Waals surface area contributed by atoms with Crippen LogP contribution in [0.2, 0.25) is 0 Å². The van der Waals surface area contributed by atoms with Crippen molar-refractivity contribution in [3.05, 3.63) is 71.7 Å². The van der Waals surface area contributed by atoms with Gasteiger partial charge in [0.2, 0.25) is 0 Å². The molecule has 0 spiro atoms. The Hall–Kier alpha value is -3.35. The van der Waals surface area contributed by atoms with Gasteiger partial charge < -0.3 is 15.4 Å². The molecule has 7 heteroatoms. The summed E-state index contributed by atoms with van der Waals surface area (Å²) in [5, 5.41) is 10.9. The lowest BCUT2D eigenvalue weighted by atomic mass is 10.1. The molecule has 146 valence electrons. The molecule has 28 heavy (non-hydrogen) atoms. The third kappa shape index (κ3) is 5.09. The quantitative estimate of drug-likeness (QED) is 0.488. The fourth-order valence-electron chi connectivity index (χ4n) is 2.78. The van der Waals surface area contributed by atoms with E-state index in [-0.39, 0.29) is 0 Å². The van der Waals surface area contributed by atoms with E-state index in [1.165, 1.54) is 5.56 Å². The standard InChI is InChI=1S/C21H26N6O/c1-4-22-21(25-15-18-7-6-16(2)12-19(18)28-3)24-14-17-8-10-23-20(13-17)27-11-5-9-26-27/h5-13H,4,14-15H2,1-3H3,(H2,22,24,25). The largest absolute Gasteiger partial charge is 0.496 e. The van der Waals surface area contributed by atoms with Crippen LogP contribution in [0, 0.1) is 6.92 Å². The van der Waals surface area contributed by atoms with Crippen molar-refractivity contribution in [3.63, 3.8) is 0 Å². The topological polar surface area (TPSA) is 76.4 Å². The van der Waals surface area contributed by atoms with E-state index in [0.717, 1.165) is 35.2 Å². The van der Waals surface area contributed by atoms with Crippen LogP contribution in [-0.4, -0.2) is 34.4 Å². The van der Waals surface area contributed by atoms with Crippen molar-refractivity contribution in [3.8, 4) is 11.6 Å². The average Bonchev–Trinajstić information content (AvgIpc) is 3.26. The fourth-order valence-corrected chi connectivity index (χ4v) is 2.78. The highest BCUT2D eigenvalue weighted by Gasteiger charge is 2.05. The summed E-state index contributed by atoms with van der Waals surface area (Å²) >= 11 is 0. The molecule has 7 nitrogen and oxygen atoms in total. The van der Waals surface area contributed by atoms with E-state index in [2.05, 4.69) is 39.8 Å². The monoisotopic (exact) mass is 378 g/mol. The van der Waals surface area contributed by atoms with E-state index in [0.29, 0.717) is 13.1 Å². The van der Waals surface area contributed by atoms with Gasteiger partial charge in [-0.15, -0.1) is 0 Å². The first kappa shape index (κ1) is 19.4. The van der Waals surface area contributed by atoms with Crippen LogP contribution < -0.4 is 15.4 Å². The summed E-state index contributed by atoms with van der Waals surface area (Å²) < 4.78 is 7.22. The van der Waals surface area contributed by atoms with Crippen molar-refractivity contribution in [2.45, 2.75) is 26.9 Å². The molecule has 3 aromatic rings. The second-order valence-electron chi connectivity index (χ2n) is 6.34. The molecule has 1 aromatic carbocycles. The van der Waals surface area contributed by atoms with Gasteiger partial charge in [-0.1, -0.05) is 12.1 Å². The second kappa shape index (κ2) is 9.55. The van der Waals surface area contributed by atoms with E-state index >= 15 is 0 Å². The maximum Gasteiger partial charge on any atom is 0.191 e. The minimum absolute atomic E-state index is 0.539. The lowest BCUT2D eigenvalue weighted by Crippen LogP contribution is -2.36. The fraction of sp³-hybridized carbons (Fsp3) is 0.286. The number of benzene rings is 1. The number of pyridine rings is 1. The number of aryl methyl sites for hydroxylation is 1. The summed E-state index contributed by atoms with van der Waals surface area (Å²) in [6.45, 7) is 6.05. The van der Waals surface area contributed by atoms with Crippen molar-refractivity contribution >= 4 is 5.96 Å². The number of hydrogen-bond donors (Lipinski definition) is 2. The number of hydrogen-bond acceptors (Lipinski definition) is 4. The number of aromatic nitrogens is 3. The Bertz CT molecular complexity index is 920. The number of methoxy groups -OCH3 is 1. The molecule has 2 heterocycles. The van der Waals surface area contributed by atoms with Gasteiger partial charge in [-0.3, -0.25) is 0 Å².